The molecule has 8 rings (SSSR count). The second-order valence-corrected chi connectivity index (χ2v) is 21.9. The molecule has 1 fully saturated rings. The Kier molecular flexibility index (Phi) is 12.3. The summed E-state index contributed by atoms with van der Waals surface area (Å²) in [5.74, 6) is -1.07. The maximum absolute atomic E-state index is 14.0. The van der Waals surface area contributed by atoms with Gasteiger partial charge in [0.1, 0.15) is 32.7 Å². The molecule has 0 bridgehead atoms. The number of benzene rings is 3. The van der Waals surface area contributed by atoms with Gasteiger partial charge in [-0.3, -0.25) is 19.8 Å². The molecule has 5 aromatic rings. The van der Waals surface area contributed by atoms with Crippen LogP contribution in [0.15, 0.2) is 89.6 Å². The molecular formula is C45H49ClN6O9S2. The second kappa shape index (κ2) is 17.6. The van der Waals surface area contributed by atoms with E-state index in [9.17, 15) is 31.7 Å². The number of nitrogens with one attached hydrogen (secondary N) is 2. The van der Waals surface area contributed by atoms with Crippen molar-refractivity contribution in [1.29, 1.82) is 0 Å². The average Bonchev–Trinajstić information content (AvgIpc) is 3.71. The Bertz CT molecular complexity index is 2840. The van der Waals surface area contributed by atoms with Gasteiger partial charge in [0.05, 0.1) is 39.5 Å². The number of nitrogens with zero attached hydrogens (tertiary/aromatic N) is 4. The summed E-state index contributed by atoms with van der Waals surface area (Å²) in [5.41, 5.74) is 5.25. The number of sulfone groups is 1. The number of hydrogen-bond donors (Lipinski definition) is 2. The Morgan fingerprint density at radius 2 is 1.81 bits per heavy atom. The van der Waals surface area contributed by atoms with Gasteiger partial charge in [0.15, 0.2) is 0 Å². The minimum atomic E-state index is -4.69. The lowest BCUT2D eigenvalue weighted by Gasteiger charge is -2.39. The van der Waals surface area contributed by atoms with Crippen molar-refractivity contribution in [2.24, 2.45) is 11.3 Å². The van der Waals surface area contributed by atoms with E-state index in [0.29, 0.717) is 29.5 Å². The number of sulfonamides is 1. The lowest BCUT2D eigenvalue weighted by Crippen LogP contribution is -2.47. The fraction of sp³-hybridized carbons (Fsp3) is 0.378. The minimum Gasteiger partial charge on any atom is -0.493 e. The van der Waals surface area contributed by atoms with Crippen LogP contribution in [0.4, 0.5) is 11.4 Å². The largest absolute Gasteiger partial charge is 0.493 e. The zero-order chi connectivity index (χ0) is 44.7. The highest BCUT2D eigenvalue weighted by molar-refractivity contribution is 7.90. The van der Waals surface area contributed by atoms with Gasteiger partial charge < -0.3 is 19.4 Å². The fourth-order valence-electron chi connectivity index (χ4n) is 8.60. The molecule has 0 spiro atoms. The molecule has 1 atom stereocenters. The quantitative estimate of drug-likeness (QED) is 0.0861. The molecule has 4 heterocycles. The first-order valence-corrected chi connectivity index (χ1v) is 24.7. The van der Waals surface area contributed by atoms with Crippen molar-refractivity contribution in [2.45, 2.75) is 50.8 Å². The number of aromatic amines is 1. The third kappa shape index (κ3) is 10.3. The summed E-state index contributed by atoms with van der Waals surface area (Å²) in [7, 11) is -7.97. The number of halogens is 1. The number of fused-ring (bicyclic) bond motifs is 2. The van der Waals surface area contributed by atoms with Crippen LogP contribution in [0.5, 0.6) is 17.2 Å². The van der Waals surface area contributed by atoms with E-state index >= 15 is 0 Å². The third-order valence-corrected chi connectivity index (χ3v) is 14.6. The Morgan fingerprint density at radius 1 is 1.05 bits per heavy atom. The SMILES string of the molecule is CC1(C)CCC(CN2CCN(c3ccc(C(=O)NS(=O)(=O)c4cc5c(c([N+](=O)[O-])c4)C[C@H](CCS(C)(=O)=O)CO5)c(Oc4cnc5[nH]ccc5c4)c3)CC2)=C(c2ccc(Cl)cc2)C1. The molecule has 0 saturated carbocycles. The van der Waals surface area contributed by atoms with E-state index in [2.05, 4.69) is 50.5 Å². The van der Waals surface area contributed by atoms with Crippen LogP contribution in [-0.2, 0) is 26.3 Å². The molecule has 63 heavy (non-hydrogen) atoms. The summed E-state index contributed by atoms with van der Waals surface area (Å²) in [6.45, 7) is 8.54. The molecule has 0 unspecified atom stereocenters. The highest BCUT2D eigenvalue weighted by Gasteiger charge is 2.33. The molecule has 2 aromatic heterocycles. The molecule has 3 aliphatic rings. The summed E-state index contributed by atoms with van der Waals surface area (Å²) >= 11 is 6.24. The number of H-pyrrole nitrogens is 1. The number of carbonyl (C=O) groups excluding carboxylic acids is 1. The Hall–Kier alpha value is -5.49. The molecule has 1 amide bonds. The van der Waals surface area contributed by atoms with E-state index in [1.54, 1.807) is 24.4 Å². The van der Waals surface area contributed by atoms with E-state index in [1.807, 2.05) is 18.2 Å². The number of pyridine rings is 1. The zero-order valence-corrected chi connectivity index (χ0v) is 37.6. The summed E-state index contributed by atoms with van der Waals surface area (Å²) < 4.78 is 65.3. The van der Waals surface area contributed by atoms with Crippen LogP contribution in [0.1, 0.15) is 61.0 Å². The smallest absolute Gasteiger partial charge is 0.277 e. The summed E-state index contributed by atoms with van der Waals surface area (Å²) in [6, 6.07) is 18.7. The minimum absolute atomic E-state index is 0.0184. The van der Waals surface area contributed by atoms with Gasteiger partial charge in [0, 0.05) is 79.5 Å². The summed E-state index contributed by atoms with van der Waals surface area (Å²) in [5, 5.41) is 13.7. The van der Waals surface area contributed by atoms with Crippen LogP contribution >= 0.6 is 11.6 Å². The summed E-state index contributed by atoms with van der Waals surface area (Å²) in [4.78, 5) is 37.0. The van der Waals surface area contributed by atoms with E-state index in [-0.39, 0.29) is 59.2 Å². The predicted octanol–water partition coefficient (Wildman–Crippen LogP) is 7.81. The number of nitro benzene ring substituents is 1. The molecule has 1 saturated heterocycles. The lowest BCUT2D eigenvalue weighted by atomic mass is 9.72. The number of hydrogen-bond acceptors (Lipinski definition) is 12. The Morgan fingerprint density at radius 3 is 2.54 bits per heavy atom. The highest BCUT2D eigenvalue weighted by Crippen LogP contribution is 2.44. The average molecular weight is 918 g/mol. The molecule has 3 aromatic carbocycles. The topological polar surface area (TPSA) is 194 Å². The zero-order valence-electron chi connectivity index (χ0n) is 35.2. The van der Waals surface area contributed by atoms with Crippen LogP contribution in [0.2, 0.25) is 5.02 Å². The standard InChI is InChI=1S/C45H49ClN6O9S2/c1-45(2)13-10-32(39(25-45)30-4-6-33(46)7-5-30)27-50-15-17-51(18-16-50)34-8-9-37(42(22-34)61-35-21-31-11-14-47-43(31)48-26-35)44(53)49-63(58,59)36-23-40(52(54)55)38-20-29(12-19-62(3,56)57)28-60-41(38)24-36/h4-9,11,14,21-24,26,29H,10,12-13,15-20,25,27-28H2,1-3H3,(H,47,48)(H,49,53)/t29-/m0/s1. The number of nitro groups is 1. The van der Waals surface area contributed by atoms with Crippen LogP contribution in [0.25, 0.3) is 16.6 Å². The number of carbonyl (C=O) groups is 1. The maximum atomic E-state index is 14.0. The lowest BCUT2D eigenvalue weighted by molar-refractivity contribution is -0.386. The van der Waals surface area contributed by atoms with Crippen molar-refractivity contribution in [2.75, 3.05) is 56.2 Å². The first-order chi connectivity index (χ1) is 29.9. The molecule has 18 heteroatoms. The third-order valence-electron chi connectivity index (χ3n) is 12.1. The number of ether oxygens (including phenoxy) is 2. The number of rotatable bonds is 13. The van der Waals surface area contributed by atoms with E-state index in [1.165, 1.54) is 29.0 Å². The molecule has 0 radical (unpaired) electrons. The van der Waals surface area contributed by atoms with Gasteiger partial charge in [0.2, 0.25) is 0 Å². The molecule has 1 aliphatic carbocycles. The summed E-state index contributed by atoms with van der Waals surface area (Å²) in [6.07, 6.45) is 7.85. The van der Waals surface area contributed by atoms with Crippen LogP contribution in [-0.4, -0.2) is 93.9 Å². The van der Waals surface area contributed by atoms with Gasteiger partial charge in [-0.2, -0.15) is 0 Å². The van der Waals surface area contributed by atoms with Crippen molar-refractivity contribution in [3.05, 3.63) is 117 Å². The molecule has 332 valence electrons. The maximum Gasteiger partial charge on any atom is 0.277 e. The van der Waals surface area contributed by atoms with Crippen LogP contribution < -0.4 is 19.1 Å². The number of amides is 1. The van der Waals surface area contributed by atoms with Crippen molar-refractivity contribution >= 4 is 65.3 Å². The molecule has 2 N–H and O–H groups in total. The van der Waals surface area contributed by atoms with Gasteiger partial charge in [-0.1, -0.05) is 43.2 Å². The first kappa shape index (κ1) is 44.1. The van der Waals surface area contributed by atoms with Crippen molar-refractivity contribution < 1.29 is 36.0 Å². The van der Waals surface area contributed by atoms with Gasteiger partial charge in [0.25, 0.3) is 21.6 Å². The Labute approximate surface area is 371 Å². The number of piperazine rings is 1. The highest BCUT2D eigenvalue weighted by atomic mass is 35.5. The van der Waals surface area contributed by atoms with E-state index in [4.69, 9.17) is 21.1 Å². The van der Waals surface area contributed by atoms with Crippen molar-refractivity contribution in [3.8, 4) is 17.2 Å². The van der Waals surface area contributed by atoms with Gasteiger partial charge in [-0.25, -0.2) is 26.5 Å². The van der Waals surface area contributed by atoms with Gasteiger partial charge >= 0.3 is 0 Å². The normalized spacial score (nSPS) is 18.2. The van der Waals surface area contributed by atoms with Crippen molar-refractivity contribution in [1.82, 2.24) is 19.6 Å². The predicted molar refractivity (Wildman–Crippen MR) is 242 cm³/mol. The molecule has 15 nitrogen and oxygen atoms in total. The molecule has 2 aliphatic heterocycles. The Balaban J connectivity index is 1.02. The van der Waals surface area contributed by atoms with Crippen LogP contribution in [0, 0.1) is 21.4 Å². The fourth-order valence-corrected chi connectivity index (χ4v) is 10.5. The van der Waals surface area contributed by atoms with Gasteiger partial charge in [-0.05, 0) is 91.0 Å². The van der Waals surface area contributed by atoms with Crippen molar-refractivity contribution in [3.63, 3.8) is 0 Å². The van der Waals surface area contributed by atoms with E-state index in [0.717, 1.165) is 68.4 Å². The monoisotopic (exact) mass is 916 g/mol. The van der Waals surface area contributed by atoms with Crippen LogP contribution in [0.3, 0.4) is 0 Å². The van der Waals surface area contributed by atoms with E-state index < -0.39 is 41.3 Å². The molecular weight excluding hydrogens is 868 g/mol. The second-order valence-electron chi connectivity index (χ2n) is 17.5. The van der Waals surface area contributed by atoms with Gasteiger partial charge in [-0.15, -0.1) is 0 Å². The number of anilines is 1. The first-order valence-electron chi connectivity index (χ1n) is 20.8. The number of aromatic nitrogens is 2. The number of allylic oxidation sites excluding steroid dienone is 1.